The van der Waals surface area contributed by atoms with Crippen LogP contribution in [0.3, 0.4) is 0 Å². The van der Waals surface area contributed by atoms with Crippen LogP contribution in [0, 0.1) is 0 Å². The van der Waals surface area contributed by atoms with Crippen molar-refractivity contribution in [2.24, 2.45) is 0 Å². The summed E-state index contributed by atoms with van der Waals surface area (Å²) >= 11 is 0. The lowest BCUT2D eigenvalue weighted by atomic mass is 10.3. The van der Waals surface area contributed by atoms with Crippen molar-refractivity contribution in [3.05, 3.63) is 16.6 Å². The van der Waals surface area contributed by atoms with Gasteiger partial charge in [-0.1, -0.05) is 0 Å². The van der Waals surface area contributed by atoms with Gasteiger partial charge in [-0.2, -0.15) is 0 Å². The molecule has 1 aliphatic heterocycles. The number of aryl methyl sites for hydroxylation is 1. The summed E-state index contributed by atoms with van der Waals surface area (Å²) in [4.78, 5) is 11.7. The fourth-order valence-corrected chi connectivity index (χ4v) is 1.74. The average molecular weight is 254 g/mol. The smallest absolute Gasteiger partial charge is 0.290 e. The quantitative estimate of drug-likeness (QED) is 0.872. The van der Waals surface area contributed by atoms with Gasteiger partial charge in [0.25, 0.3) is 5.56 Å². The minimum Gasteiger partial charge on any atom is -0.377 e. The molecule has 15 heavy (non-hydrogen) atoms. The summed E-state index contributed by atoms with van der Waals surface area (Å²) in [5.41, 5.74) is 0.848. The Bertz CT molecular complexity index is 370. The van der Waals surface area contributed by atoms with Crippen molar-refractivity contribution in [1.29, 1.82) is 0 Å². The zero-order valence-corrected chi connectivity index (χ0v) is 10.5. The molecule has 1 aromatic heterocycles. The number of nitrogens with one attached hydrogen (secondary N) is 1. The first-order valence-electron chi connectivity index (χ1n) is 4.75. The summed E-state index contributed by atoms with van der Waals surface area (Å²) in [6, 6.07) is 0.316. The molecular weight excluding hydrogens is 237 g/mol. The SMILES string of the molecule is CC(C)Nc1cn2n(c1=O)CCC2.Cl.Cl. The van der Waals surface area contributed by atoms with Gasteiger partial charge < -0.3 is 5.32 Å². The second kappa shape index (κ2) is 5.47. The first kappa shape index (κ1) is 14.4. The lowest BCUT2D eigenvalue weighted by Gasteiger charge is -2.04. The number of nitrogens with zero attached hydrogens (tertiary/aromatic N) is 2. The summed E-state index contributed by atoms with van der Waals surface area (Å²) in [6.45, 7) is 5.90. The first-order chi connectivity index (χ1) is 6.18. The largest absolute Gasteiger partial charge is 0.377 e. The van der Waals surface area contributed by atoms with Crippen LogP contribution in [0.1, 0.15) is 20.3 Å². The van der Waals surface area contributed by atoms with Gasteiger partial charge in [0.15, 0.2) is 0 Å². The molecule has 88 valence electrons. The van der Waals surface area contributed by atoms with E-state index in [9.17, 15) is 4.79 Å². The highest BCUT2D eigenvalue weighted by atomic mass is 35.5. The number of aromatic nitrogens is 2. The molecule has 0 saturated heterocycles. The molecule has 0 radical (unpaired) electrons. The summed E-state index contributed by atoms with van der Waals surface area (Å²) in [7, 11) is 0. The van der Waals surface area contributed by atoms with Crippen LogP contribution in [-0.2, 0) is 13.1 Å². The van der Waals surface area contributed by atoms with Crippen LogP contribution in [-0.4, -0.2) is 15.4 Å². The van der Waals surface area contributed by atoms with Gasteiger partial charge in [0, 0.05) is 19.1 Å². The lowest BCUT2D eigenvalue weighted by molar-refractivity contribution is 0.594. The highest BCUT2D eigenvalue weighted by Gasteiger charge is 2.15. The maximum atomic E-state index is 11.7. The second-order valence-electron chi connectivity index (χ2n) is 3.79. The van der Waals surface area contributed by atoms with Crippen LogP contribution in [0.5, 0.6) is 0 Å². The van der Waals surface area contributed by atoms with Crippen molar-refractivity contribution in [1.82, 2.24) is 9.36 Å². The Hall–Kier alpha value is -0.610. The monoisotopic (exact) mass is 253 g/mol. The van der Waals surface area contributed by atoms with E-state index in [1.807, 2.05) is 24.7 Å². The molecule has 0 aromatic carbocycles. The van der Waals surface area contributed by atoms with E-state index < -0.39 is 0 Å². The second-order valence-corrected chi connectivity index (χ2v) is 3.79. The average Bonchev–Trinajstić information content (AvgIpc) is 2.56. The molecule has 0 amide bonds. The van der Waals surface area contributed by atoms with Crippen LogP contribution in [0.4, 0.5) is 5.69 Å². The molecule has 0 bridgehead atoms. The Morgan fingerprint density at radius 2 is 2.00 bits per heavy atom. The number of halogens is 2. The number of hydrogen-bond acceptors (Lipinski definition) is 2. The van der Waals surface area contributed by atoms with E-state index in [2.05, 4.69) is 5.32 Å². The van der Waals surface area contributed by atoms with Gasteiger partial charge in [-0.25, -0.2) is 4.68 Å². The summed E-state index contributed by atoms with van der Waals surface area (Å²) in [5, 5.41) is 3.15. The van der Waals surface area contributed by atoms with Crippen molar-refractivity contribution in [3.8, 4) is 0 Å². The maximum absolute atomic E-state index is 11.7. The summed E-state index contributed by atoms with van der Waals surface area (Å²) < 4.78 is 3.79. The van der Waals surface area contributed by atoms with Gasteiger partial charge in [-0.15, -0.1) is 24.8 Å². The molecule has 1 aromatic rings. The van der Waals surface area contributed by atoms with E-state index in [0.717, 1.165) is 25.2 Å². The van der Waals surface area contributed by atoms with E-state index in [4.69, 9.17) is 0 Å². The normalized spacial score (nSPS) is 13.0. The van der Waals surface area contributed by atoms with Crippen LogP contribution in [0.15, 0.2) is 11.0 Å². The third-order valence-electron chi connectivity index (χ3n) is 2.25. The Morgan fingerprint density at radius 3 is 2.53 bits per heavy atom. The third kappa shape index (κ3) is 2.69. The first-order valence-corrected chi connectivity index (χ1v) is 4.75. The molecule has 0 spiro atoms. The van der Waals surface area contributed by atoms with Gasteiger partial charge in [-0.05, 0) is 20.3 Å². The summed E-state index contributed by atoms with van der Waals surface area (Å²) in [5.74, 6) is 0. The van der Waals surface area contributed by atoms with Gasteiger partial charge >= 0.3 is 0 Å². The Morgan fingerprint density at radius 1 is 1.33 bits per heavy atom. The zero-order chi connectivity index (χ0) is 9.42. The fourth-order valence-electron chi connectivity index (χ4n) is 1.74. The minimum absolute atomic E-state index is 0. The van der Waals surface area contributed by atoms with Crippen molar-refractivity contribution in [3.63, 3.8) is 0 Å². The molecule has 0 fully saturated rings. The lowest BCUT2D eigenvalue weighted by Crippen LogP contribution is -2.21. The molecule has 0 atom stereocenters. The molecule has 0 unspecified atom stereocenters. The Labute approximate surface area is 101 Å². The highest BCUT2D eigenvalue weighted by Crippen LogP contribution is 2.09. The predicted octanol–water partition coefficient (Wildman–Crippen LogP) is 1.72. The maximum Gasteiger partial charge on any atom is 0.290 e. The van der Waals surface area contributed by atoms with Crippen LogP contribution >= 0.6 is 24.8 Å². The van der Waals surface area contributed by atoms with Crippen molar-refractivity contribution in [2.45, 2.75) is 39.4 Å². The number of hydrogen-bond donors (Lipinski definition) is 1. The number of rotatable bonds is 2. The molecule has 4 nitrogen and oxygen atoms in total. The molecular formula is C9H17Cl2N3O. The summed E-state index contributed by atoms with van der Waals surface area (Å²) in [6.07, 6.45) is 2.99. The van der Waals surface area contributed by atoms with Crippen LogP contribution in [0.2, 0.25) is 0 Å². The Kier molecular flexibility index (Phi) is 5.24. The van der Waals surface area contributed by atoms with Gasteiger partial charge in [0.1, 0.15) is 5.69 Å². The molecule has 2 rings (SSSR count). The molecule has 6 heteroatoms. The molecule has 2 heterocycles. The highest BCUT2D eigenvalue weighted by molar-refractivity contribution is 5.85. The van der Waals surface area contributed by atoms with E-state index in [1.165, 1.54) is 0 Å². The number of anilines is 1. The standard InChI is InChI=1S/C9H15N3O.2ClH/c1-7(2)10-8-6-11-4-3-5-12(11)9(8)13;;/h6-7,10H,3-5H2,1-2H3;2*1H. The van der Waals surface area contributed by atoms with E-state index in [1.54, 1.807) is 4.68 Å². The van der Waals surface area contributed by atoms with Gasteiger partial charge in [-0.3, -0.25) is 9.48 Å². The Balaban J connectivity index is 0.000000980. The molecule has 0 saturated carbocycles. The van der Waals surface area contributed by atoms with Crippen molar-refractivity contribution >= 4 is 30.5 Å². The van der Waals surface area contributed by atoms with Gasteiger partial charge in [0.05, 0.1) is 6.20 Å². The third-order valence-corrected chi connectivity index (χ3v) is 2.25. The predicted molar refractivity (Wildman–Crippen MR) is 66.6 cm³/mol. The number of fused-ring (bicyclic) bond motifs is 1. The van der Waals surface area contributed by atoms with E-state index in [-0.39, 0.29) is 30.4 Å². The topological polar surface area (TPSA) is 39.0 Å². The van der Waals surface area contributed by atoms with Crippen LogP contribution < -0.4 is 10.9 Å². The minimum atomic E-state index is 0. The fraction of sp³-hybridized carbons (Fsp3) is 0.667. The zero-order valence-electron chi connectivity index (χ0n) is 8.90. The van der Waals surface area contributed by atoms with Crippen molar-refractivity contribution in [2.75, 3.05) is 5.32 Å². The van der Waals surface area contributed by atoms with E-state index >= 15 is 0 Å². The molecule has 0 aliphatic carbocycles. The van der Waals surface area contributed by atoms with E-state index in [0.29, 0.717) is 6.04 Å². The van der Waals surface area contributed by atoms with Gasteiger partial charge in [0.2, 0.25) is 0 Å². The van der Waals surface area contributed by atoms with Crippen molar-refractivity contribution < 1.29 is 0 Å². The van der Waals surface area contributed by atoms with Crippen LogP contribution in [0.25, 0.3) is 0 Å². The molecule has 1 N–H and O–H groups in total. The molecule has 1 aliphatic rings.